The Hall–Kier alpha value is -1.48. The van der Waals surface area contributed by atoms with Crippen LogP contribution in [0, 0.1) is 12.8 Å². The molecule has 2 heterocycles. The molecule has 90 valence electrons. The van der Waals surface area contributed by atoms with E-state index in [1.807, 2.05) is 0 Å². The van der Waals surface area contributed by atoms with Crippen LogP contribution in [-0.4, -0.2) is 24.3 Å². The molecule has 0 radical (unpaired) electrons. The highest BCUT2D eigenvalue weighted by Crippen LogP contribution is 2.24. The third-order valence-corrected chi connectivity index (χ3v) is 3.61. The second-order valence-electron chi connectivity index (χ2n) is 4.90. The first-order valence-corrected chi connectivity index (χ1v) is 6.13. The second-order valence-corrected chi connectivity index (χ2v) is 4.90. The van der Waals surface area contributed by atoms with E-state index in [0.29, 0.717) is 5.92 Å². The van der Waals surface area contributed by atoms with E-state index in [2.05, 4.69) is 48.1 Å². The number of hydrogen-bond acceptors (Lipinski definition) is 2. The SMILES string of the molecule is Cc1cc2cc(OCC3CNC3)ccc2n1C. The van der Waals surface area contributed by atoms with Gasteiger partial charge in [0.1, 0.15) is 5.75 Å². The topological polar surface area (TPSA) is 26.2 Å². The Morgan fingerprint density at radius 3 is 2.88 bits per heavy atom. The highest BCUT2D eigenvalue weighted by Gasteiger charge is 2.17. The van der Waals surface area contributed by atoms with Crippen molar-refractivity contribution in [1.29, 1.82) is 0 Å². The lowest BCUT2D eigenvalue weighted by Crippen LogP contribution is -2.45. The van der Waals surface area contributed by atoms with E-state index in [4.69, 9.17) is 4.74 Å². The maximum absolute atomic E-state index is 5.82. The minimum atomic E-state index is 0.684. The van der Waals surface area contributed by atoms with Crippen molar-refractivity contribution < 1.29 is 4.74 Å². The van der Waals surface area contributed by atoms with Crippen molar-refractivity contribution in [3.05, 3.63) is 30.0 Å². The van der Waals surface area contributed by atoms with Crippen LogP contribution in [0.15, 0.2) is 24.3 Å². The summed E-state index contributed by atoms with van der Waals surface area (Å²) in [4.78, 5) is 0. The van der Waals surface area contributed by atoms with Crippen LogP contribution < -0.4 is 10.1 Å². The number of fused-ring (bicyclic) bond motifs is 1. The summed E-state index contributed by atoms with van der Waals surface area (Å²) in [7, 11) is 2.10. The van der Waals surface area contributed by atoms with Gasteiger partial charge in [0, 0.05) is 42.7 Å². The summed E-state index contributed by atoms with van der Waals surface area (Å²) in [6.07, 6.45) is 0. The highest BCUT2D eigenvalue weighted by atomic mass is 16.5. The molecule has 1 fully saturated rings. The predicted molar refractivity (Wildman–Crippen MR) is 69.5 cm³/mol. The Labute approximate surface area is 101 Å². The van der Waals surface area contributed by atoms with Crippen LogP contribution in [0.25, 0.3) is 10.9 Å². The molecule has 0 unspecified atom stereocenters. The molecule has 1 aromatic heterocycles. The molecule has 0 aliphatic carbocycles. The van der Waals surface area contributed by atoms with Crippen LogP contribution in [0.1, 0.15) is 5.69 Å². The fourth-order valence-electron chi connectivity index (χ4n) is 2.24. The van der Waals surface area contributed by atoms with Crippen molar-refractivity contribution in [2.24, 2.45) is 13.0 Å². The molecule has 1 saturated heterocycles. The molecule has 2 aromatic rings. The molecule has 1 aliphatic heterocycles. The van der Waals surface area contributed by atoms with Crippen molar-refractivity contribution in [2.75, 3.05) is 19.7 Å². The molecule has 17 heavy (non-hydrogen) atoms. The summed E-state index contributed by atoms with van der Waals surface area (Å²) in [5.74, 6) is 1.67. The number of nitrogens with zero attached hydrogens (tertiary/aromatic N) is 1. The lowest BCUT2D eigenvalue weighted by atomic mass is 10.1. The van der Waals surface area contributed by atoms with Gasteiger partial charge in [0.25, 0.3) is 0 Å². The Bertz CT molecular complexity index is 540. The van der Waals surface area contributed by atoms with E-state index in [-0.39, 0.29) is 0 Å². The van der Waals surface area contributed by atoms with Gasteiger partial charge in [-0.25, -0.2) is 0 Å². The van der Waals surface area contributed by atoms with Crippen LogP contribution in [0.2, 0.25) is 0 Å². The van der Waals surface area contributed by atoms with Gasteiger partial charge in [-0.05, 0) is 31.2 Å². The monoisotopic (exact) mass is 230 g/mol. The van der Waals surface area contributed by atoms with E-state index in [1.54, 1.807) is 0 Å². The minimum Gasteiger partial charge on any atom is -0.493 e. The Morgan fingerprint density at radius 2 is 2.18 bits per heavy atom. The molecule has 1 N–H and O–H groups in total. The Kier molecular flexibility index (Phi) is 2.56. The third kappa shape index (κ3) is 1.91. The average molecular weight is 230 g/mol. The van der Waals surface area contributed by atoms with Crippen LogP contribution in [0.5, 0.6) is 5.75 Å². The van der Waals surface area contributed by atoms with Crippen molar-refractivity contribution in [3.8, 4) is 5.75 Å². The molecule has 3 nitrogen and oxygen atoms in total. The number of benzene rings is 1. The summed E-state index contributed by atoms with van der Waals surface area (Å²) in [5.41, 5.74) is 2.54. The number of aromatic nitrogens is 1. The largest absolute Gasteiger partial charge is 0.493 e. The summed E-state index contributed by atoms with van der Waals surface area (Å²) >= 11 is 0. The third-order valence-electron chi connectivity index (χ3n) is 3.61. The number of rotatable bonds is 3. The van der Waals surface area contributed by atoms with Crippen molar-refractivity contribution in [3.63, 3.8) is 0 Å². The maximum Gasteiger partial charge on any atom is 0.120 e. The molecule has 1 aliphatic rings. The zero-order chi connectivity index (χ0) is 11.8. The first kappa shape index (κ1) is 10.7. The van der Waals surface area contributed by atoms with Crippen LogP contribution >= 0.6 is 0 Å². The molecular formula is C14H18N2O. The summed E-state index contributed by atoms with van der Waals surface area (Å²) in [6.45, 7) is 5.13. The molecule has 3 heteroatoms. The fraction of sp³-hybridized carbons (Fsp3) is 0.429. The van der Waals surface area contributed by atoms with Gasteiger partial charge in [-0.3, -0.25) is 0 Å². The lowest BCUT2D eigenvalue weighted by Gasteiger charge is -2.26. The molecule has 3 rings (SSSR count). The van der Waals surface area contributed by atoms with Gasteiger partial charge in [0.05, 0.1) is 6.61 Å². The fourth-order valence-corrected chi connectivity index (χ4v) is 2.24. The van der Waals surface area contributed by atoms with Gasteiger partial charge in [0.15, 0.2) is 0 Å². The minimum absolute atomic E-state index is 0.684. The van der Waals surface area contributed by atoms with Crippen molar-refractivity contribution in [2.45, 2.75) is 6.92 Å². The van der Waals surface area contributed by atoms with Gasteiger partial charge in [-0.15, -0.1) is 0 Å². The van der Waals surface area contributed by atoms with Gasteiger partial charge < -0.3 is 14.6 Å². The van der Waals surface area contributed by atoms with Crippen molar-refractivity contribution >= 4 is 10.9 Å². The van der Waals surface area contributed by atoms with E-state index in [0.717, 1.165) is 25.4 Å². The van der Waals surface area contributed by atoms with E-state index in [1.165, 1.54) is 16.6 Å². The molecular weight excluding hydrogens is 212 g/mol. The molecule has 0 atom stereocenters. The zero-order valence-electron chi connectivity index (χ0n) is 10.4. The average Bonchev–Trinajstić information content (AvgIpc) is 2.52. The van der Waals surface area contributed by atoms with E-state index < -0.39 is 0 Å². The lowest BCUT2D eigenvalue weighted by molar-refractivity contribution is 0.199. The first-order chi connectivity index (χ1) is 8.24. The first-order valence-electron chi connectivity index (χ1n) is 6.13. The molecule has 0 spiro atoms. The number of nitrogens with one attached hydrogen (secondary N) is 1. The molecule has 0 amide bonds. The Morgan fingerprint density at radius 1 is 1.35 bits per heavy atom. The molecule has 1 aromatic carbocycles. The van der Waals surface area contributed by atoms with Crippen LogP contribution in [-0.2, 0) is 7.05 Å². The number of ether oxygens (including phenoxy) is 1. The zero-order valence-corrected chi connectivity index (χ0v) is 10.4. The van der Waals surface area contributed by atoms with E-state index >= 15 is 0 Å². The highest BCUT2D eigenvalue weighted by molar-refractivity contribution is 5.82. The quantitative estimate of drug-likeness (QED) is 0.873. The van der Waals surface area contributed by atoms with E-state index in [9.17, 15) is 0 Å². The van der Waals surface area contributed by atoms with Gasteiger partial charge in [-0.2, -0.15) is 0 Å². The van der Waals surface area contributed by atoms with Gasteiger partial charge >= 0.3 is 0 Å². The summed E-state index contributed by atoms with van der Waals surface area (Å²) < 4.78 is 8.02. The number of aryl methyl sites for hydroxylation is 2. The smallest absolute Gasteiger partial charge is 0.120 e. The Balaban J connectivity index is 1.80. The van der Waals surface area contributed by atoms with Crippen molar-refractivity contribution in [1.82, 2.24) is 9.88 Å². The van der Waals surface area contributed by atoms with Gasteiger partial charge in [-0.1, -0.05) is 0 Å². The standard InChI is InChI=1S/C14H18N2O/c1-10-5-12-6-13(3-4-14(12)16(10)2)17-9-11-7-15-8-11/h3-6,11,15H,7-9H2,1-2H3. The second kappa shape index (κ2) is 4.08. The van der Waals surface area contributed by atoms with Crippen LogP contribution in [0.3, 0.4) is 0 Å². The normalized spacial score (nSPS) is 16.1. The molecule has 0 bridgehead atoms. The molecule has 0 saturated carbocycles. The van der Waals surface area contributed by atoms with Gasteiger partial charge in [0.2, 0.25) is 0 Å². The predicted octanol–water partition coefficient (Wildman–Crippen LogP) is 2.08. The summed E-state index contributed by atoms with van der Waals surface area (Å²) in [5, 5.41) is 4.51. The number of hydrogen-bond donors (Lipinski definition) is 1. The van der Waals surface area contributed by atoms with Crippen LogP contribution in [0.4, 0.5) is 0 Å². The summed E-state index contributed by atoms with van der Waals surface area (Å²) in [6, 6.07) is 8.53. The maximum atomic E-state index is 5.82.